The van der Waals surface area contributed by atoms with Gasteiger partial charge in [0.2, 0.25) is 0 Å². The van der Waals surface area contributed by atoms with Gasteiger partial charge in [0.05, 0.1) is 12.2 Å². The van der Waals surface area contributed by atoms with E-state index in [0.29, 0.717) is 25.6 Å². The molecule has 0 unspecified atom stereocenters. The molecule has 0 atom stereocenters. The molecular formula is C14H20F3NO2. The molecule has 0 aliphatic rings. The van der Waals surface area contributed by atoms with Gasteiger partial charge in [0.25, 0.3) is 0 Å². The largest absolute Gasteiger partial charge is 0.491 e. The first-order valence-electron chi connectivity index (χ1n) is 6.59. The van der Waals surface area contributed by atoms with Gasteiger partial charge in [-0.2, -0.15) is 13.2 Å². The number of unbranched alkanes of at least 4 members (excludes halogenated alkanes) is 1. The molecule has 114 valence electrons. The van der Waals surface area contributed by atoms with Crippen LogP contribution in [0.5, 0.6) is 5.75 Å². The van der Waals surface area contributed by atoms with Crippen LogP contribution in [0.25, 0.3) is 0 Å². The highest BCUT2D eigenvalue weighted by Gasteiger charge is 2.32. The van der Waals surface area contributed by atoms with Gasteiger partial charge in [0.15, 0.2) is 0 Å². The van der Waals surface area contributed by atoms with E-state index in [4.69, 9.17) is 15.2 Å². The lowest BCUT2D eigenvalue weighted by Crippen LogP contribution is -2.13. The Hall–Kier alpha value is -1.27. The molecule has 0 heterocycles. The van der Waals surface area contributed by atoms with Crippen molar-refractivity contribution in [2.75, 3.05) is 19.8 Å². The normalized spacial score (nSPS) is 11.7. The predicted molar refractivity (Wildman–Crippen MR) is 70.6 cm³/mol. The minimum Gasteiger partial charge on any atom is -0.491 e. The Morgan fingerprint density at radius 2 is 1.90 bits per heavy atom. The van der Waals surface area contributed by atoms with Crippen LogP contribution >= 0.6 is 0 Å². The second kappa shape index (κ2) is 8.11. The number of benzene rings is 1. The number of hydrogen-bond acceptors (Lipinski definition) is 3. The monoisotopic (exact) mass is 291 g/mol. The van der Waals surface area contributed by atoms with Gasteiger partial charge < -0.3 is 15.2 Å². The van der Waals surface area contributed by atoms with E-state index in [2.05, 4.69) is 6.92 Å². The minimum atomic E-state index is -4.39. The maximum absolute atomic E-state index is 12.7. The number of nitrogens with two attached hydrogens (primary N) is 1. The van der Waals surface area contributed by atoms with E-state index in [-0.39, 0.29) is 12.1 Å². The van der Waals surface area contributed by atoms with Crippen LogP contribution in [-0.2, 0) is 17.5 Å². The van der Waals surface area contributed by atoms with Crippen molar-refractivity contribution >= 4 is 0 Å². The average Bonchev–Trinajstić information content (AvgIpc) is 2.41. The second-order valence-corrected chi connectivity index (χ2v) is 4.34. The molecule has 3 nitrogen and oxygen atoms in total. The van der Waals surface area contributed by atoms with Crippen molar-refractivity contribution in [3.05, 3.63) is 29.3 Å². The molecule has 1 aromatic carbocycles. The van der Waals surface area contributed by atoms with Gasteiger partial charge in [-0.1, -0.05) is 13.3 Å². The fraction of sp³-hybridized carbons (Fsp3) is 0.571. The maximum atomic E-state index is 12.7. The molecule has 1 aromatic rings. The van der Waals surface area contributed by atoms with Crippen LogP contribution in [0.15, 0.2) is 18.2 Å². The van der Waals surface area contributed by atoms with E-state index >= 15 is 0 Å². The van der Waals surface area contributed by atoms with Crippen LogP contribution < -0.4 is 10.5 Å². The summed E-state index contributed by atoms with van der Waals surface area (Å²) in [6.07, 6.45) is -2.35. The summed E-state index contributed by atoms with van der Waals surface area (Å²) in [5.74, 6) is 0.373. The Kier molecular flexibility index (Phi) is 6.81. The first-order chi connectivity index (χ1) is 9.49. The van der Waals surface area contributed by atoms with Crippen molar-refractivity contribution in [2.45, 2.75) is 32.5 Å². The van der Waals surface area contributed by atoms with Crippen LogP contribution in [0.4, 0.5) is 13.2 Å². The summed E-state index contributed by atoms with van der Waals surface area (Å²) in [5, 5.41) is 0. The molecule has 0 amide bonds. The molecule has 0 spiro atoms. The molecule has 0 aromatic heterocycles. The Balaban J connectivity index is 2.52. The molecule has 20 heavy (non-hydrogen) atoms. The first kappa shape index (κ1) is 16.8. The summed E-state index contributed by atoms with van der Waals surface area (Å²) in [7, 11) is 0. The maximum Gasteiger partial charge on any atom is 0.416 e. The smallest absolute Gasteiger partial charge is 0.416 e. The van der Waals surface area contributed by atoms with Gasteiger partial charge >= 0.3 is 6.18 Å². The lowest BCUT2D eigenvalue weighted by atomic mass is 10.1. The average molecular weight is 291 g/mol. The molecule has 6 heteroatoms. The molecule has 2 N–H and O–H groups in total. The van der Waals surface area contributed by atoms with Gasteiger partial charge in [-0.05, 0) is 30.2 Å². The number of halogens is 3. The standard InChI is InChI=1S/C14H20F3NO2/c1-2-3-6-19-7-8-20-12-4-5-13(14(15,16)17)11(9-12)10-18/h4-5,9H,2-3,6-8,10,18H2,1H3. The molecule has 0 saturated carbocycles. The number of hydrogen-bond donors (Lipinski definition) is 1. The Bertz CT molecular complexity index is 408. The van der Waals surface area contributed by atoms with Gasteiger partial charge in [-0.25, -0.2) is 0 Å². The quantitative estimate of drug-likeness (QED) is 0.747. The molecule has 0 aliphatic carbocycles. The summed E-state index contributed by atoms with van der Waals surface area (Å²) in [6.45, 7) is 3.27. The summed E-state index contributed by atoms with van der Waals surface area (Å²) < 4.78 is 48.7. The fourth-order valence-corrected chi connectivity index (χ4v) is 1.67. The highest BCUT2D eigenvalue weighted by atomic mass is 19.4. The van der Waals surface area contributed by atoms with Crippen LogP contribution in [0.1, 0.15) is 30.9 Å². The summed E-state index contributed by atoms with van der Waals surface area (Å²) in [5.41, 5.74) is 4.66. The minimum absolute atomic E-state index is 0.0295. The van der Waals surface area contributed by atoms with Crippen molar-refractivity contribution in [2.24, 2.45) is 5.73 Å². The zero-order valence-electron chi connectivity index (χ0n) is 11.5. The van der Waals surface area contributed by atoms with Gasteiger partial charge in [-0.3, -0.25) is 0 Å². The third-order valence-electron chi connectivity index (χ3n) is 2.74. The van der Waals surface area contributed by atoms with Crippen molar-refractivity contribution in [3.63, 3.8) is 0 Å². The van der Waals surface area contributed by atoms with E-state index in [0.717, 1.165) is 18.9 Å². The summed E-state index contributed by atoms with van der Waals surface area (Å²) in [6, 6.07) is 3.62. The van der Waals surface area contributed by atoms with Crippen molar-refractivity contribution in [3.8, 4) is 5.75 Å². The van der Waals surface area contributed by atoms with Crippen LogP contribution in [0.3, 0.4) is 0 Å². The van der Waals surface area contributed by atoms with E-state index in [1.165, 1.54) is 12.1 Å². The predicted octanol–water partition coefficient (Wildman–Crippen LogP) is 3.36. The number of rotatable bonds is 8. The van der Waals surface area contributed by atoms with Gasteiger partial charge in [0, 0.05) is 13.2 Å². The van der Waals surface area contributed by atoms with Crippen LogP contribution in [-0.4, -0.2) is 19.8 Å². The molecule has 1 rings (SSSR count). The fourth-order valence-electron chi connectivity index (χ4n) is 1.67. The van der Waals surface area contributed by atoms with E-state index in [9.17, 15) is 13.2 Å². The molecule has 0 saturated heterocycles. The molecule has 0 bridgehead atoms. The SMILES string of the molecule is CCCCOCCOc1ccc(C(F)(F)F)c(CN)c1. The van der Waals surface area contributed by atoms with Crippen molar-refractivity contribution < 1.29 is 22.6 Å². The molecule has 0 radical (unpaired) electrons. The highest BCUT2D eigenvalue weighted by molar-refractivity contribution is 5.37. The molecular weight excluding hydrogens is 271 g/mol. The third kappa shape index (κ3) is 5.38. The Morgan fingerprint density at radius 3 is 2.50 bits per heavy atom. The highest BCUT2D eigenvalue weighted by Crippen LogP contribution is 2.33. The van der Waals surface area contributed by atoms with Crippen LogP contribution in [0.2, 0.25) is 0 Å². The Labute approximate surface area is 116 Å². The molecule has 0 fully saturated rings. The van der Waals surface area contributed by atoms with Crippen molar-refractivity contribution in [1.29, 1.82) is 0 Å². The van der Waals surface area contributed by atoms with Crippen LogP contribution in [0, 0.1) is 0 Å². The topological polar surface area (TPSA) is 44.5 Å². The van der Waals surface area contributed by atoms with E-state index in [1.54, 1.807) is 0 Å². The first-order valence-corrected chi connectivity index (χ1v) is 6.59. The lowest BCUT2D eigenvalue weighted by molar-refractivity contribution is -0.138. The second-order valence-electron chi connectivity index (χ2n) is 4.34. The zero-order chi connectivity index (χ0) is 15.0. The number of alkyl halides is 3. The molecule has 0 aliphatic heterocycles. The Morgan fingerprint density at radius 1 is 1.15 bits per heavy atom. The lowest BCUT2D eigenvalue weighted by Gasteiger charge is -2.14. The van der Waals surface area contributed by atoms with E-state index < -0.39 is 11.7 Å². The number of ether oxygens (including phenoxy) is 2. The third-order valence-corrected chi connectivity index (χ3v) is 2.74. The van der Waals surface area contributed by atoms with Crippen molar-refractivity contribution in [1.82, 2.24) is 0 Å². The summed E-state index contributed by atoms with van der Waals surface area (Å²) >= 11 is 0. The summed E-state index contributed by atoms with van der Waals surface area (Å²) in [4.78, 5) is 0. The van der Waals surface area contributed by atoms with E-state index in [1.807, 2.05) is 0 Å². The van der Waals surface area contributed by atoms with Gasteiger partial charge in [-0.15, -0.1) is 0 Å². The van der Waals surface area contributed by atoms with Gasteiger partial charge in [0.1, 0.15) is 12.4 Å². The zero-order valence-corrected chi connectivity index (χ0v) is 11.5.